The summed E-state index contributed by atoms with van der Waals surface area (Å²) in [6.07, 6.45) is 0.657. The highest BCUT2D eigenvalue weighted by atomic mass is 19.1. The van der Waals surface area contributed by atoms with Crippen LogP contribution in [0.2, 0.25) is 0 Å². The zero-order chi connectivity index (χ0) is 17.4. The van der Waals surface area contributed by atoms with E-state index in [1.165, 1.54) is 12.1 Å². The Kier molecular flexibility index (Phi) is 6.75. The Bertz CT molecular complexity index is 658. The van der Waals surface area contributed by atoms with E-state index < -0.39 is 0 Å². The number of carbonyl (C=O) groups is 1. The van der Waals surface area contributed by atoms with Gasteiger partial charge in [-0.05, 0) is 41.8 Å². The molecule has 1 N–H and O–H groups in total. The summed E-state index contributed by atoms with van der Waals surface area (Å²) < 4.78 is 23.7. The molecule has 4 nitrogen and oxygen atoms in total. The third-order valence-electron chi connectivity index (χ3n) is 3.79. The van der Waals surface area contributed by atoms with Crippen LogP contribution in [0.4, 0.5) is 4.39 Å². The Labute approximate surface area is 141 Å². The SMILES string of the molecule is COc1ccc(CCC(=O)NCC(OC)c2cccc(F)c2)cc1. The zero-order valence-electron chi connectivity index (χ0n) is 13.9. The van der Waals surface area contributed by atoms with Crippen LogP contribution in [0.5, 0.6) is 5.75 Å². The lowest BCUT2D eigenvalue weighted by Crippen LogP contribution is -2.29. The van der Waals surface area contributed by atoms with Crippen molar-refractivity contribution in [3.8, 4) is 5.75 Å². The van der Waals surface area contributed by atoms with E-state index >= 15 is 0 Å². The van der Waals surface area contributed by atoms with Crippen molar-refractivity contribution in [2.75, 3.05) is 20.8 Å². The van der Waals surface area contributed by atoms with Crippen LogP contribution in [-0.4, -0.2) is 26.7 Å². The van der Waals surface area contributed by atoms with E-state index in [0.717, 1.165) is 11.3 Å². The highest BCUT2D eigenvalue weighted by Gasteiger charge is 2.12. The number of halogens is 1. The van der Waals surface area contributed by atoms with Crippen molar-refractivity contribution in [1.29, 1.82) is 0 Å². The molecule has 0 bridgehead atoms. The molecule has 2 aromatic rings. The van der Waals surface area contributed by atoms with E-state index in [4.69, 9.17) is 9.47 Å². The molecule has 0 saturated carbocycles. The first-order valence-corrected chi connectivity index (χ1v) is 7.80. The lowest BCUT2D eigenvalue weighted by atomic mass is 10.1. The van der Waals surface area contributed by atoms with E-state index in [9.17, 15) is 9.18 Å². The summed E-state index contributed by atoms with van der Waals surface area (Å²) in [6, 6.07) is 13.8. The van der Waals surface area contributed by atoms with Gasteiger partial charge in [0.2, 0.25) is 5.91 Å². The van der Waals surface area contributed by atoms with Gasteiger partial charge in [0.1, 0.15) is 11.6 Å². The monoisotopic (exact) mass is 331 g/mol. The van der Waals surface area contributed by atoms with E-state index in [2.05, 4.69) is 5.32 Å². The molecule has 0 radical (unpaired) electrons. The first-order valence-electron chi connectivity index (χ1n) is 7.80. The summed E-state index contributed by atoms with van der Waals surface area (Å²) >= 11 is 0. The highest BCUT2D eigenvalue weighted by Crippen LogP contribution is 2.17. The number of nitrogens with one attached hydrogen (secondary N) is 1. The van der Waals surface area contributed by atoms with Crippen molar-refractivity contribution in [2.24, 2.45) is 0 Å². The minimum atomic E-state index is -0.370. The quantitative estimate of drug-likeness (QED) is 0.807. The summed E-state index contributed by atoms with van der Waals surface area (Å²) in [4.78, 5) is 12.0. The van der Waals surface area contributed by atoms with Crippen molar-refractivity contribution in [1.82, 2.24) is 5.32 Å². The van der Waals surface area contributed by atoms with Gasteiger partial charge in [-0.15, -0.1) is 0 Å². The molecule has 2 rings (SSSR count). The minimum Gasteiger partial charge on any atom is -0.497 e. The molecule has 0 aliphatic rings. The summed E-state index contributed by atoms with van der Waals surface area (Å²) in [5.41, 5.74) is 1.77. The van der Waals surface area contributed by atoms with Gasteiger partial charge in [-0.3, -0.25) is 4.79 Å². The fraction of sp³-hybridized carbons (Fsp3) is 0.316. The first kappa shape index (κ1) is 17.9. The van der Waals surface area contributed by atoms with Gasteiger partial charge in [0.25, 0.3) is 0 Å². The Morgan fingerprint density at radius 3 is 2.54 bits per heavy atom. The average molecular weight is 331 g/mol. The molecule has 0 aromatic heterocycles. The van der Waals surface area contributed by atoms with Crippen molar-refractivity contribution in [3.63, 3.8) is 0 Å². The van der Waals surface area contributed by atoms with Gasteiger partial charge in [-0.25, -0.2) is 4.39 Å². The standard InChI is InChI=1S/C19H22FNO3/c1-23-17-9-6-14(7-10-17)8-11-19(22)21-13-18(24-2)15-4-3-5-16(20)12-15/h3-7,9-10,12,18H,8,11,13H2,1-2H3,(H,21,22). The largest absolute Gasteiger partial charge is 0.497 e. The Hall–Kier alpha value is -2.40. The van der Waals surface area contributed by atoms with Crippen molar-refractivity contribution < 1.29 is 18.7 Å². The predicted octanol–water partition coefficient (Wildman–Crippen LogP) is 3.27. The van der Waals surface area contributed by atoms with Crippen LogP contribution >= 0.6 is 0 Å². The van der Waals surface area contributed by atoms with Gasteiger partial charge in [0.15, 0.2) is 0 Å². The number of aryl methyl sites for hydroxylation is 1. The van der Waals surface area contributed by atoms with Gasteiger partial charge in [0, 0.05) is 20.1 Å². The van der Waals surface area contributed by atoms with Gasteiger partial charge in [0.05, 0.1) is 13.2 Å². The molecule has 1 atom stereocenters. The molecular weight excluding hydrogens is 309 g/mol. The van der Waals surface area contributed by atoms with Gasteiger partial charge >= 0.3 is 0 Å². The van der Waals surface area contributed by atoms with Crippen LogP contribution in [0.15, 0.2) is 48.5 Å². The number of carbonyl (C=O) groups excluding carboxylic acids is 1. The molecule has 1 amide bonds. The van der Waals surface area contributed by atoms with Crippen molar-refractivity contribution in [2.45, 2.75) is 18.9 Å². The number of benzene rings is 2. The second-order valence-electron chi connectivity index (χ2n) is 5.43. The molecule has 0 spiro atoms. The number of hydrogen-bond donors (Lipinski definition) is 1. The lowest BCUT2D eigenvalue weighted by molar-refractivity contribution is -0.121. The summed E-state index contributed by atoms with van der Waals surface area (Å²) in [5, 5.41) is 2.83. The second-order valence-corrected chi connectivity index (χ2v) is 5.43. The van der Waals surface area contributed by atoms with E-state index in [1.54, 1.807) is 26.4 Å². The molecule has 0 fully saturated rings. The topological polar surface area (TPSA) is 47.6 Å². The van der Waals surface area contributed by atoms with Crippen LogP contribution in [0.1, 0.15) is 23.7 Å². The third-order valence-corrected chi connectivity index (χ3v) is 3.79. The smallest absolute Gasteiger partial charge is 0.220 e. The number of amides is 1. The second kappa shape index (κ2) is 9.03. The molecule has 24 heavy (non-hydrogen) atoms. The average Bonchev–Trinajstić information content (AvgIpc) is 2.61. The molecule has 0 aliphatic carbocycles. The summed E-state index contributed by atoms with van der Waals surface area (Å²) in [5.74, 6) is 0.408. The molecule has 0 heterocycles. The first-order chi connectivity index (χ1) is 11.6. The maximum atomic E-state index is 13.3. The maximum absolute atomic E-state index is 13.3. The van der Waals surface area contributed by atoms with Crippen molar-refractivity contribution >= 4 is 5.91 Å². The maximum Gasteiger partial charge on any atom is 0.220 e. The van der Waals surface area contributed by atoms with Gasteiger partial charge < -0.3 is 14.8 Å². The van der Waals surface area contributed by atoms with E-state index in [0.29, 0.717) is 24.9 Å². The number of ether oxygens (including phenoxy) is 2. The van der Waals surface area contributed by atoms with Crippen LogP contribution in [0.25, 0.3) is 0 Å². The summed E-state index contributed by atoms with van der Waals surface area (Å²) in [7, 11) is 3.16. The fourth-order valence-corrected chi connectivity index (χ4v) is 2.39. The van der Waals surface area contributed by atoms with Crippen LogP contribution in [0, 0.1) is 5.82 Å². The van der Waals surface area contributed by atoms with Crippen LogP contribution in [0.3, 0.4) is 0 Å². The van der Waals surface area contributed by atoms with Gasteiger partial charge in [-0.1, -0.05) is 24.3 Å². The molecule has 0 aliphatic heterocycles. The fourth-order valence-electron chi connectivity index (χ4n) is 2.39. The van der Waals surface area contributed by atoms with Crippen molar-refractivity contribution in [3.05, 3.63) is 65.5 Å². The Balaban J connectivity index is 1.80. The highest BCUT2D eigenvalue weighted by molar-refractivity contribution is 5.76. The third kappa shape index (κ3) is 5.35. The molecular formula is C19H22FNO3. The normalized spacial score (nSPS) is 11.8. The van der Waals surface area contributed by atoms with E-state index in [1.807, 2.05) is 24.3 Å². The number of rotatable bonds is 8. The van der Waals surface area contributed by atoms with Crippen LogP contribution in [-0.2, 0) is 16.0 Å². The van der Waals surface area contributed by atoms with E-state index in [-0.39, 0.29) is 17.8 Å². The minimum absolute atomic E-state index is 0.0655. The molecule has 2 aromatic carbocycles. The molecule has 128 valence electrons. The van der Waals surface area contributed by atoms with Crippen LogP contribution < -0.4 is 10.1 Å². The molecule has 0 saturated heterocycles. The summed E-state index contributed by atoms with van der Waals surface area (Å²) in [6.45, 7) is 0.307. The van der Waals surface area contributed by atoms with Gasteiger partial charge in [-0.2, -0.15) is 0 Å². The number of hydrogen-bond acceptors (Lipinski definition) is 3. The predicted molar refractivity (Wildman–Crippen MR) is 90.5 cm³/mol. The molecule has 1 unspecified atom stereocenters. The Morgan fingerprint density at radius 2 is 1.92 bits per heavy atom. The number of methoxy groups -OCH3 is 2. The Morgan fingerprint density at radius 1 is 1.17 bits per heavy atom. The lowest BCUT2D eigenvalue weighted by Gasteiger charge is -2.16. The zero-order valence-corrected chi connectivity index (χ0v) is 13.9. The molecule has 5 heteroatoms.